The molecule has 2 heterocycles. The summed E-state index contributed by atoms with van der Waals surface area (Å²) in [5, 5.41) is 16.1. The lowest BCUT2D eigenvalue weighted by Crippen LogP contribution is -2.12. The Morgan fingerprint density at radius 2 is 2.21 bits per heavy atom. The van der Waals surface area contributed by atoms with Gasteiger partial charge >= 0.3 is 0 Å². The van der Waals surface area contributed by atoms with E-state index in [1.54, 1.807) is 18.3 Å². The Labute approximate surface area is 79.4 Å². The van der Waals surface area contributed by atoms with Crippen molar-refractivity contribution in [3.63, 3.8) is 0 Å². The van der Waals surface area contributed by atoms with Gasteiger partial charge in [-0.05, 0) is 6.07 Å². The lowest BCUT2D eigenvalue weighted by Gasteiger charge is -2.00. The van der Waals surface area contributed by atoms with E-state index in [0.29, 0.717) is 11.4 Å². The first-order chi connectivity index (χ1) is 6.86. The van der Waals surface area contributed by atoms with E-state index in [0.717, 1.165) is 0 Å². The molecule has 14 heavy (non-hydrogen) atoms. The van der Waals surface area contributed by atoms with E-state index in [-0.39, 0.29) is 5.91 Å². The maximum atomic E-state index is 11.5. The fourth-order valence-electron chi connectivity index (χ4n) is 0.945. The van der Waals surface area contributed by atoms with E-state index in [1.165, 1.54) is 12.4 Å². The van der Waals surface area contributed by atoms with Gasteiger partial charge in [-0.1, -0.05) is 0 Å². The Kier molecular flexibility index (Phi) is 2.18. The van der Waals surface area contributed by atoms with Crippen molar-refractivity contribution in [2.45, 2.75) is 0 Å². The molecule has 0 saturated carbocycles. The molecule has 1 amide bonds. The lowest BCUT2D eigenvalue weighted by atomic mass is 10.3. The Morgan fingerprint density at radius 3 is 2.86 bits per heavy atom. The number of aromatic nitrogens is 4. The molecule has 0 aromatic carbocycles. The molecule has 6 heteroatoms. The normalized spacial score (nSPS) is 9.71. The van der Waals surface area contributed by atoms with Gasteiger partial charge in [0, 0.05) is 6.07 Å². The van der Waals surface area contributed by atoms with Gasteiger partial charge in [0.25, 0.3) is 5.91 Å². The summed E-state index contributed by atoms with van der Waals surface area (Å²) in [5.41, 5.74) is 0.453. The average molecular weight is 189 g/mol. The minimum Gasteiger partial charge on any atom is -0.307 e. The maximum Gasteiger partial charge on any atom is 0.258 e. The first-order valence-corrected chi connectivity index (χ1v) is 3.94. The molecule has 2 N–H and O–H groups in total. The number of carbonyl (C=O) groups is 1. The summed E-state index contributed by atoms with van der Waals surface area (Å²) in [6, 6.07) is 3.24. The van der Waals surface area contributed by atoms with Crippen molar-refractivity contribution < 1.29 is 4.79 Å². The summed E-state index contributed by atoms with van der Waals surface area (Å²) in [7, 11) is 0. The van der Waals surface area contributed by atoms with Crippen LogP contribution in [0.15, 0.2) is 30.7 Å². The molecule has 0 bridgehead atoms. The summed E-state index contributed by atoms with van der Waals surface area (Å²) in [6.07, 6.45) is 4.41. The van der Waals surface area contributed by atoms with E-state index in [2.05, 4.69) is 25.7 Å². The van der Waals surface area contributed by atoms with Crippen LogP contribution in [-0.4, -0.2) is 26.3 Å². The first kappa shape index (κ1) is 8.36. The van der Waals surface area contributed by atoms with Crippen LogP contribution in [0.3, 0.4) is 0 Å². The van der Waals surface area contributed by atoms with Crippen LogP contribution in [-0.2, 0) is 0 Å². The van der Waals surface area contributed by atoms with Gasteiger partial charge < -0.3 is 5.32 Å². The second kappa shape index (κ2) is 3.65. The van der Waals surface area contributed by atoms with Crippen molar-refractivity contribution in [1.29, 1.82) is 0 Å². The molecule has 2 aromatic rings. The van der Waals surface area contributed by atoms with Gasteiger partial charge in [-0.25, -0.2) is 0 Å². The minimum atomic E-state index is -0.246. The molecule has 0 fully saturated rings. The highest BCUT2D eigenvalue weighted by atomic mass is 16.1. The number of carbonyl (C=O) groups excluding carboxylic acids is 1. The smallest absolute Gasteiger partial charge is 0.258 e. The van der Waals surface area contributed by atoms with E-state index in [1.807, 2.05) is 0 Å². The zero-order chi connectivity index (χ0) is 9.80. The number of anilines is 1. The van der Waals surface area contributed by atoms with Crippen molar-refractivity contribution in [1.82, 2.24) is 20.4 Å². The summed E-state index contributed by atoms with van der Waals surface area (Å²) < 4.78 is 0. The van der Waals surface area contributed by atoms with E-state index >= 15 is 0 Å². The van der Waals surface area contributed by atoms with Gasteiger partial charge in [0.05, 0.1) is 24.2 Å². The topological polar surface area (TPSA) is 83.6 Å². The van der Waals surface area contributed by atoms with Crippen molar-refractivity contribution in [2.24, 2.45) is 0 Å². The third-order valence-electron chi connectivity index (χ3n) is 1.60. The van der Waals surface area contributed by atoms with Crippen LogP contribution < -0.4 is 5.32 Å². The molecule has 2 rings (SSSR count). The van der Waals surface area contributed by atoms with Crippen LogP contribution in [0.1, 0.15) is 10.4 Å². The fourth-order valence-corrected chi connectivity index (χ4v) is 0.945. The van der Waals surface area contributed by atoms with E-state index in [4.69, 9.17) is 0 Å². The monoisotopic (exact) mass is 189 g/mol. The van der Waals surface area contributed by atoms with Gasteiger partial charge in [-0.2, -0.15) is 15.3 Å². The number of H-pyrrole nitrogens is 1. The third-order valence-corrected chi connectivity index (χ3v) is 1.60. The quantitative estimate of drug-likeness (QED) is 0.718. The van der Waals surface area contributed by atoms with Gasteiger partial charge in [0.2, 0.25) is 0 Å². The molecule has 0 aliphatic heterocycles. The molecule has 6 nitrogen and oxygen atoms in total. The average Bonchev–Trinajstić information content (AvgIpc) is 2.72. The SMILES string of the molecule is O=C(Nc1ccn[nH]1)c1ccnnc1. The Hall–Kier alpha value is -2.24. The van der Waals surface area contributed by atoms with Gasteiger partial charge in [-0.15, -0.1) is 0 Å². The number of hydrogen-bond acceptors (Lipinski definition) is 4. The number of aromatic amines is 1. The van der Waals surface area contributed by atoms with Crippen LogP contribution in [0, 0.1) is 0 Å². The number of nitrogens with one attached hydrogen (secondary N) is 2. The van der Waals surface area contributed by atoms with E-state index in [9.17, 15) is 4.79 Å². The first-order valence-electron chi connectivity index (χ1n) is 3.94. The molecule has 0 atom stereocenters. The number of rotatable bonds is 2. The molecule has 70 valence electrons. The van der Waals surface area contributed by atoms with Crippen LogP contribution in [0.4, 0.5) is 5.82 Å². The van der Waals surface area contributed by atoms with Crippen LogP contribution >= 0.6 is 0 Å². The second-order valence-corrected chi connectivity index (χ2v) is 2.56. The summed E-state index contributed by atoms with van der Waals surface area (Å²) in [4.78, 5) is 11.5. The molecule has 0 aliphatic carbocycles. The minimum absolute atomic E-state index is 0.246. The third kappa shape index (κ3) is 1.74. The number of amides is 1. The highest BCUT2D eigenvalue weighted by Crippen LogP contribution is 2.02. The Balaban J connectivity index is 2.11. The largest absolute Gasteiger partial charge is 0.307 e. The number of hydrogen-bond donors (Lipinski definition) is 2. The standard InChI is InChI=1S/C8H7N5O/c14-8(6-1-3-9-11-5-6)12-7-2-4-10-13-7/h1-5H,(H2,10,12,13,14). The molecule has 2 aromatic heterocycles. The zero-order valence-electron chi connectivity index (χ0n) is 7.14. The molecule has 0 saturated heterocycles. The van der Waals surface area contributed by atoms with Crippen LogP contribution in [0.25, 0.3) is 0 Å². The van der Waals surface area contributed by atoms with Crippen LogP contribution in [0.5, 0.6) is 0 Å². The molecule has 0 spiro atoms. The summed E-state index contributed by atoms with van der Waals surface area (Å²) >= 11 is 0. The van der Waals surface area contributed by atoms with Crippen molar-refractivity contribution in [3.05, 3.63) is 36.3 Å². The summed E-state index contributed by atoms with van der Waals surface area (Å²) in [6.45, 7) is 0. The van der Waals surface area contributed by atoms with E-state index < -0.39 is 0 Å². The molecular formula is C8H7N5O. The molecule has 0 aliphatic rings. The fraction of sp³-hybridized carbons (Fsp3) is 0. The zero-order valence-corrected chi connectivity index (χ0v) is 7.14. The van der Waals surface area contributed by atoms with Crippen molar-refractivity contribution in [3.8, 4) is 0 Å². The highest BCUT2D eigenvalue weighted by molar-refractivity contribution is 6.03. The van der Waals surface area contributed by atoms with Crippen molar-refractivity contribution in [2.75, 3.05) is 5.32 Å². The van der Waals surface area contributed by atoms with Gasteiger partial charge in [0.1, 0.15) is 5.82 Å². The summed E-state index contributed by atoms with van der Waals surface area (Å²) in [5.74, 6) is 0.302. The molecule has 0 unspecified atom stereocenters. The number of nitrogens with zero attached hydrogens (tertiary/aromatic N) is 3. The predicted molar refractivity (Wildman–Crippen MR) is 48.6 cm³/mol. The maximum absolute atomic E-state index is 11.5. The Bertz CT molecular complexity index is 411. The lowest BCUT2D eigenvalue weighted by molar-refractivity contribution is 0.102. The Morgan fingerprint density at radius 1 is 1.29 bits per heavy atom. The van der Waals surface area contributed by atoms with Gasteiger partial charge in [-0.3, -0.25) is 9.89 Å². The molecular weight excluding hydrogens is 182 g/mol. The van der Waals surface area contributed by atoms with Crippen LogP contribution in [0.2, 0.25) is 0 Å². The molecule has 0 radical (unpaired) electrons. The van der Waals surface area contributed by atoms with Crippen molar-refractivity contribution >= 4 is 11.7 Å². The van der Waals surface area contributed by atoms with Gasteiger partial charge in [0.15, 0.2) is 0 Å². The second-order valence-electron chi connectivity index (χ2n) is 2.56. The highest BCUT2D eigenvalue weighted by Gasteiger charge is 2.05. The predicted octanol–water partition coefficient (Wildman–Crippen LogP) is 0.452.